The van der Waals surface area contributed by atoms with Crippen molar-refractivity contribution in [3.63, 3.8) is 0 Å². The molecule has 0 saturated heterocycles. The Balaban J connectivity index is 3.55. The van der Waals surface area contributed by atoms with Crippen LogP contribution in [0, 0.1) is 5.41 Å². The molecule has 0 radical (unpaired) electrons. The summed E-state index contributed by atoms with van der Waals surface area (Å²) in [7, 11) is -1.92. The largest absolute Gasteiger partial charge is 0.427 e. The van der Waals surface area contributed by atoms with Crippen LogP contribution < -0.4 is 5.32 Å². The summed E-state index contributed by atoms with van der Waals surface area (Å²) in [5.41, 5.74) is -0.630. The van der Waals surface area contributed by atoms with Gasteiger partial charge in [-0.3, -0.25) is 9.36 Å². The molecule has 0 aliphatic carbocycles. The van der Waals surface area contributed by atoms with Crippen LogP contribution in [0.25, 0.3) is 0 Å². The second kappa shape index (κ2) is 8.93. The van der Waals surface area contributed by atoms with Gasteiger partial charge in [0, 0.05) is 13.2 Å². The minimum Gasteiger partial charge on any atom is -0.427 e. The molecule has 8 heteroatoms. The first kappa shape index (κ1) is 17.9. The van der Waals surface area contributed by atoms with Crippen LogP contribution in [0.2, 0.25) is 0 Å². The van der Waals surface area contributed by atoms with Crippen LogP contribution in [0.3, 0.4) is 0 Å². The lowest BCUT2D eigenvalue weighted by atomic mass is 9.98. The highest BCUT2D eigenvalue weighted by atomic mass is 31.1. The van der Waals surface area contributed by atoms with Crippen LogP contribution in [-0.2, 0) is 23.4 Å². The number of nitrogens with one attached hydrogen (secondary N) is 1. The minimum atomic E-state index is -1.92. The van der Waals surface area contributed by atoms with E-state index in [1.54, 1.807) is 20.8 Å². The lowest BCUT2D eigenvalue weighted by molar-refractivity contribution is -0.161. The zero-order valence-corrected chi connectivity index (χ0v) is 12.8. The highest BCUT2D eigenvalue weighted by molar-refractivity contribution is 7.38. The Kier molecular flexibility index (Phi) is 8.43. The van der Waals surface area contributed by atoms with Gasteiger partial charge in [-0.2, -0.15) is 0 Å². The van der Waals surface area contributed by atoms with Crippen molar-refractivity contribution in [1.29, 1.82) is 0 Å². The van der Waals surface area contributed by atoms with Gasteiger partial charge in [-0.05, 0) is 27.2 Å². The molecule has 19 heavy (non-hydrogen) atoms. The van der Waals surface area contributed by atoms with Gasteiger partial charge in [0.1, 0.15) is 0 Å². The molecule has 0 saturated carbocycles. The summed E-state index contributed by atoms with van der Waals surface area (Å²) in [6.45, 7) is 6.84. The Labute approximate surface area is 113 Å². The Morgan fingerprint density at radius 2 is 1.84 bits per heavy atom. The Bertz CT molecular complexity index is 326. The molecule has 1 atom stereocenters. The van der Waals surface area contributed by atoms with Crippen LogP contribution in [0.4, 0.5) is 4.79 Å². The normalized spacial score (nSPS) is 12.6. The molecule has 1 unspecified atom stereocenters. The smallest absolute Gasteiger partial charge is 0.410 e. The average Bonchev–Trinajstić information content (AvgIpc) is 2.26. The molecule has 0 aliphatic heterocycles. The second-order valence-electron chi connectivity index (χ2n) is 4.85. The summed E-state index contributed by atoms with van der Waals surface area (Å²) in [6, 6.07) is 0. The van der Waals surface area contributed by atoms with E-state index in [0.29, 0.717) is 19.6 Å². The molecular weight excluding hydrogens is 273 g/mol. The predicted octanol–water partition coefficient (Wildman–Crippen LogP) is 1.77. The number of esters is 1. The van der Waals surface area contributed by atoms with Crippen LogP contribution in [0.1, 0.15) is 27.2 Å². The third-order valence-corrected chi connectivity index (χ3v) is 2.50. The number of amides is 1. The average molecular weight is 295 g/mol. The standard InChI is InChI=1S/C11H22NO6P/c1-11(2,3)9(13)16-8-17-10(14)12-6-5-7-18-19(4)15/h19H,5-8H2,1-4H3,(H,12,14). The van der Waals surface area contributed by atoms with Crippen molar-refractivity contribution in [2.75, 3.05) is 26.6 Å². The number of rotatable bonds is 7. The molecule has 0 aromatic heterocycles. The summed E-state index contributed by atoms with van der Waals surface area (Å²) in [5.74, 6) is -0.443. The van der Waals surface area contributed by atoms with E-state index in [1.165, 1.54) is 6.66 Å². The van der Waals surface area contributed by atoms with Gasteiger partial charge >= 0.3 is 12.1 Å². The first-order valence-electron chi connectivity index (χ1n) is 5.94. The maximum absolute atomic E-state index is 11.3. The van der Waals surface area contributed by atoms with Crippen LogP contribution in [-0.4, -0.2) is 38.7 Å². The fraction of sp³-hybridized carbons (Fsp3) is 0.818. The van der Waals surface area contributed by atoms with Crippen molar-refractivity contribution in [2.45, 2.75) is 27.2 Å². The monoisotopic (exact) mass is 295 g/mol. The molecule has 7 nitrogen and oxygen atoms in total. The van der Waals surface area contributed by atoms with Crippen LogP contribution in [0.15, 0.2) is 0 Å². The Morgan fingerprint density at radius 3 is 2.37 bits per heavy atom. The number of alkyl carbamates (subject to hydrolysis) is 1. The highest BCUT2D eigenvalue weighted by Crippen LogP contribution is 2.15. The van der Waals surface area contributed by atoms with Gasteiger partial charge in [-0.1, -0.05) is 0 Å². The van der Waals surface area contributed by atoms with Gasteiger partial charge in [-0.25, -0.2) is 4.79 Å². The summed E-state index contributed by atoms with van der Waals surface area (Å²) >= 11 is 0. The Morgan fingerprint density at radius 1 is 1.21 bits per heavy atom. The van der Waals surface area contributed by atoms with E-state index in [0.717, 1.165) is 0 Å². The van der Waals surface area contributed by atoms with Crippen molar-refractivity contribution in [3.05, 3.63) is 0 Å². The van der Waals surface area contributed by atoms with Gasteiger partial charge < -0.3 is 19.3 Å². The van der Waals surface area contributed by atoms with E-state index in [2.05, 4.69) is 10.1 Å². The number of carbonyl (C=O) groups excluding carboxylic acids is 2. The molecule has 0 aromatic carbocycles. The maximum Gasteiger partial charge on any atom is 0.410 e. The SMILES string of the molecule is C[PH](=O)OCCCNC(=O)OCOC(=O)C(C)(C)C. The van der Waals surface area contributed by atoms with Gasteiger partial charge in [-0.15, -0.1) is 0 Å². The fourth-order valence-corrected chi connectivity index (χ4v) is 1.31. The molecular formula is C11H22NO6P. The van der Waals surface area contributed by atoms with E-state index >= 15 is 0 Å². The van der Waals surface area contributed by atoms with Crippen molar-refractivity contribution in [3.8, 4) is 0 Å². The summed E-state index contributed by atoms with van der Waals surface area (Å²) < 4.78 is 24.9. The molecule has 0 fully saturated rings. The topological polar surface area (TPSA) is 90.9 Å². The zero-order valence-electron chi connectivity index (χ0n) is 11.8. The molecule has 0 bridgehead atoms. The summed E-state index contributed by atoms with van der Waals surface area (Å²) in [5, 5.41) is 2.45. The van der Waals surface area contributed by atoms with E-state index in [-0.39, 0.29) is 0 Å². The third kappa shape index (κ3) is 10.5. The van der Waals surface area contributed by atoms with Crippen LogP contribution in [0.5, 0.6) is 0 Å². The predicted molar refractivity (Wildman–Crippen MR) is 70.4 cm³/mol. The Hall–Kier alpha value is -1.07. The lowest BCUT2D eigenvalue weighted by Crippen LogP contribution is -2.29. The first-order valence-corrected chi connectivity index (χ1v) is 7.76. The van der Waals surface area contributed by atoms with E-state index in [1.807, 2.05) is 0 Å². The van der Waals surface area contributed by atoms with Gasteiger partial charge in [0.25, 0.3) is 0 Å². The number of hydrogen-bond donors (Lipinski definition) is 1. The van der Waals surface area contributed by atoms with E-state index in [4.69, 9.17) is 9.26 Å². The van der Waals surface area contributed by atoms with Gasteiger partial charge in [0.05, 0.1) is 12.0 Å². The lowest BCUT2D eigenvalue weighted by Gasteiger charge is -2.16. The van der Waals surface area contributed by atoms with Crippen molar-refractivity contribution < 1.29 is 28.2 Å². The molecule has 0 aliphatic rings. The van der Waals surface area contributed by atoms with Crippen molar-refractivity contribution in [1.82, 2.24) is 5.32 Å². The maximum atomic E-state index is 11.3. The molecule has 0 heterocycles. The summed E-state index contributed by atoms with van der Waals surface area (Å²) in [6.07, 6.45) is -0.146. The van der Waals surface area contributed by atoms with Gasteiger partial charge in [0.2, 0.25) is 6.79 Å². The second-order valence-corrected chi connectivity index (χ2v) is 6.12. The van der Waals surface area contributed by atoms with E-state index in [9.17, 15) is 14.2 Å². The molecule has 0 rings (SSSR count). The first-order chi connectivity index (χ1) is 8.73. The number of carbonyl (C=O) groups is 2. The molecule has 0 spiro atoms. The summed E-state index contributed by atoms with van der Waals surface area (Å²) in [4.78, 5) is 22.5. The zero-order chi connectivity index (χ0) is 14.9. The highest BCUT2D eigenvalue weighted by Gasteiger charge is 2.23. The van der Waals surface area contributed by atoms with E-state index < -0.39 is 32.3 Å². The fourth-order valence-electron chi connectivity index (χ4n) is 0.883. The molecule has 1 N–H and O–H groups in total. The minimum absolute atomic E-state index is 0.313. The molecule has 112 valence electrons. The third-order valence-electron chi connectivity index (χ3n) is 1.89. The molecule has 1 amide bonds. The van der Waals surface area contributed by atoms with Crippen molar-refractivity contribution >= 4 is 20.1 Å². The number of ether oxygens (including phenoxy) is 2. The quantitative estimate of drug-likeness (QED) is 0.333. The van der Waals surface area contributed by atoms with Gasteiger partial charge in [0.15, 0.2) is 8.03 Å². The number of hydrogen-bond acceptors (Lipinski definition) is 6. The van der Waals surface area contributed by atoms with Crippen molar-refractivity contribution in [2.24, 2.45) is 5.41 Å². The molecule has 0 aromatic rings. The van der Waals surface area contributed by atoms with Crippen LogP contribution >= 0.6 is 8.03 Å².